The minimum atomic E-state index is -0.614. The number of ether oxygens (including phenoxy) is 1. The van der Waals surface area contributed by atoms with Gasteiger partial charge in [-0.05, 0) is 29.9 Å². The van der Waals surface area contributed by atoms with Crippen LogP contribution in [0.2, 0.25) is 0 Å². The summed E-state index contributed by atoms with van der Waals surface area (Å²) >= 11 is 1.80. The highest BCUT2D eigenvalue weighted by Gasteiger charge is 2.31. The number of aliphatic imine (C=N–C) groups is 1. The van der Waals surface area contributed by atoms with Gasteiger partial charge < -0.3 is 20.1 Å². The van der Waals surface area contributed by atoms with Gasteiger partial charge in [-0.15, -0.1) is 0 Å². The lowest BCUT2D eigenvalue weighted by atomic mass is 10.0. The predicted octanol–water partition coefficient (Wildman–Crippen LogP) is 1.57. The molecule has 2 rings (SSSR count). The highest BCUT2D eigenvalue weighted by molar-refractivity contribution is 7.99. The average Bonchev–Trinajstić information content (AvgIpc) is 2.95. The second-order valence-electron chi connectivity index (χ2n) is 5.64. The number of benzene rings is 1. The number of thioether (sulfide) groups is 1. The van der Waals surface area contributed by atoms with Gasteiger partial charge in [-0.25, -0.2) is 0 Å². The molecule has 0 saturated carbocycles. The Kier molecular flexibility index (Phi) is 5.97. The van der Waals surface area contributed by atoms with Gasteiger partial charge >= 0.3 is 0 Å². The number of nitrogens with one attached hydrogen (secondary N) is 1. The minimum Gasteiger partial charge on any atom is -0.497 e. The van der Waals surface area contributed by atoms with E-state index in [0.29, 0.717) is 6.54 Å². The summed E-state index contributed by atoms with van der Waals surface area (Å²) in [7, 11) is 5.42. The summed E-state index contributed by atoms with van der Waals surface area (Å²) in [6.45, 7) is 1.26. The number of methoxy groups -OCH3 is 1. The highest BCUT2D eigenvalue weighted by atomic mass is 32.2. The summed E-state index contributed by atoms with van der Waals surface area (Å²) in [5.74, 6) is 3.45. The fourth-order valence-corrected chi connectivity index (χ4v) is 3.78. The molecule has 22 heavy (non-hydrogen) atoms. The SMILES string of the molecule is CN=C(NCC1(O)CCSC1)N(C)Cc1cccc(OC)c1. The molecule has 1 aliphatic heterocycles. The van der Waals surface area contributed by atoms with Crippen LogP contribution < -0.4 is 10.1 Å². The zero-order valence-electron chi connectivity index (χ0n) is 13.5. The van der Waals surface area contributed by atoms with Crippen LogP contribution in [0.4, 0.5) is 0 Å². The van der Waals surface area contributed by atoms with Gasteiger partial charge in [0, 0.05) is 32.9 Å². The number of aliphatic hydroxyl groups is 1. The lowest BCUT2D eigenvalue weighted by Gasteiger charge is -2.27. The van der Waals surface area contributed by atoms with E-state index in [4.69, 9.17) is 4.74 Å². The molecule has 5 nitrogen and oxygen atoms in total. The van der Waals surface area contributed by atoms with Crippen molar-refractivity contribution in [2.45, 2.75) is 18.6 Å². The van der Waals surface area contributed by atoms with Crippen LogP contribution in [-0.2, 0) is 6.54 Å². The van der Waals surface area contributed by atoms with Crippen LogP contribution in [0.15, 0.2) is 29.3 Å². The van der Waals surface area contributed by atoms with Gasteiger partial charge in [0.2, 0.25) is 0 Å². The molecule has 122 valence electrons. The van der Waals surface area contributed by atoms with Gasteiger partial charge in [-0.2, -0.15) is 11.8 Å². The van der Waals surface area contributed by atoms with E-state index in [1.807, 2.05) is 30.1 Å². The van der Waals surface area contributed by atoms with Crippen LogP contribution in [0.5, 0.6) is 5.75 Å². The lowest BCUT2D eigenvalue weighted by molar-refractivity contribution is 0.0718. The Morgan fingerprint density at radius 2 is 2.36 bits per heavy atom. The van der Waals surface area contributed by atoms with Crippen molar-refractivity contribution in [2.24, 2.45) is 4.99 Å². The van der Waals surface area contributed by atoms with Crippen LogP contribution in [0, 0.1) is 0 Å². The van der Waals surface area contributed by atoms with Crippen molar-refractivity contribution in [2.75, 3.05) is 39.3 Å². The minimum absolute atomic E-state index is 0.537. The van der Waals surface area contributed by atoms with Crippen molar-refractivity contribution in [1.82, 2.24) is 10.2 Å². The van der Waals surface area contributed by atoms with Crippen LogP contribution in [0.1, 0.15) is 12.0 Å². The van der Waals surface area contributed by atoms with Crippen molar-refractivity contribution in [3.8, 4) is 5.75 Å². The molecule has 1 fully saturated rings. The molecule has 0 amide bonds. The molecular weight excluding hydrogens is 298 g/mol. The summed E-state index contributed by atoms with van der Waals surface area (Å²) in [4.78, 5) is 6.34. The fraction of sp³-hybridized carbons (Fsp3) is 0.562. The first-order valence-electron chi connectivity index (χ1n) is 7.41. The van der Waals surface area contributed by atoms with E-state index >= 15 is 0 Å². The maximum absolute atomic E-state index is 10.4. The van der Waals surface area contributed by atoms with E-state index < -0.39 is 5.60 Å². The van der Waals surface area contributed by atoms with Crippen LogP contribution >= 0.6 is 11.8 Å². The maximum atomic E-state index is 10.4. The Hall–Kier alpha value is -1.40. The summed E-state index contributed by atoms with van der Waals surface area (Å²) in [5, 5.41) is 13.7. The van der Waals surface area contributed by atoms with Crippen molar-refractivity contribution in [3.05, 3.63) is 29.8 Å². The molecule has 0 bridgehead atoms. The molecule has 1 heterocycles. The maximum Gasteiger partial charge on any atom is 0.193 e. The van der Waals surface area contributed by atoms with Crippen LogP contribution in [0.3, 0.4) is 0 Å². The van der Waals surface area contributed by atoms with Gasteiger partial charge in [0.15, 0.2) is 5.96 Å². The Morgan fingerprint density at radius 3 is 3.00 bits per heavy atom. The third-order valence-electron chi connectivity index (χ3n) is 3.79. The molecule has 0 radical (unpaired) electrons. The Bertz CT molecular complexity index is 516. The highest BCUT2D eigenvalue weighted by Crippen LogP contribution is 2.27. The van der Waals surface area contributed by atoms with E-state index in [1.54, 1.807) is 25.9 Å². The van der Waals surface area contributed by atoms with E-state index in [-0.39, 0.29) is 0 Å². The van der Waals surface area contributed by atoms with Gasteiger partial charge in [-0.3, -0.25) is 4.99 Å². The Balaban J connectivity index is 1.92. The topological polar surface area (TPSA) is 57.1 Å². The molecule has 0 aliphatic carbocycles. The van der Waals surface area contributed by atoms with Crippen molar-refractivity contribution < 1.29 is 9.84 Å². The molecule has 1 aliphatic rings. The molecule has 1 saturated heterocycles. The first-order chi connectivity index (χ1) is 10.6. The third kappa shape index (κ3) is 4.55. The zero-order chi connectivity index (χ0) is 16.0. The molecule has 1 unspecified atom stereocenters. The zero-order valence-corrected chi connectivity index (χ0v) is 14.3. The first kappa shape index (κ1) is 17.0. The van der Waals surface area contributed by atoms with E-state index in [0.717, 1.165) is 41.7 Å². The number of nitrogens with zero attached hydrogens (tertiary/aromatic N) is 2. The largest absolute Gasteiger partial charge is 0.497 e. The quantitative estimate of drug-likeness (QED) is 0.636. The van der Waals surface area contributed by atoms with Crippen molar-refractivity contribution in [3.63, 3.8) is 0 Å². The predicted molar refractivity (Wildman–Crippen MR) is 92.7 cm³/mol. The molecule has 6 heteroatoms. The standard InChI is InChI=1S/C16H25N3O2S/c1-17-15(18-11-16(20)7-8-22-12-16)19(2)10-13-5-4-6-14(9-13)21-3/h4-6,9,20H,7-8,10-12H2,1-3H3,(H,17,18). The summed E-state index contributed by atoms with van der Waals surface area (Å²) in [5.41, 5.74) is 0.539. The monoisotopic (exact) mass is 323 g/mol. The van der Waals surface area contributed by atoms with Crippen molar-refractivity contribution in [1.29, 1.82) is 0 Å². The van der Waals surface area contributed by atoms with Gasteiger partial charge in [-0.1, -0.05) is 12.1 Å². The second kappa shape index (κ2) is 7.74. The van der Waals surface area contributed by atoms with Gasteiger partial charge in [0.25, 0.3) is 0 Å². The number of hydrogen-bond donors (Lipinski definition) is 2. The molecule has 0 aromatic heterocycles. The summed E-state index contributed by atoms with van der Waals surface area (Å²) < 4.78 is 5.25. The van der Waals surface area contributed by atoms with Crippen LogP contribution in [-0.4, -0.2) is 60.8 Å². The van der Waals surface area contributed by atoms with E-state index in [9.17, 15) is 5.11 Å². The number of guanidine groups is 1. The normalized spacial score (nSPS) is 21.7. The fourth-order valence-electron chi connectivity index (χ4n) is 2.48. The smallest absolute Gasteiger partial charge is 0.193 e. The third-order valence-corrected chi connectivity index (χ3v) is 5.02. The van der Waals surface area contributed by atoms with Crippen LogP contribution in [0.25, 0.3) is 0 Å². The lowest BCUT2D eigenvalue weighted by Crippen LogP contribution is -2.47. The summed E-state index contributed by atoms with van der Waals surface area (Å²) in [6.07, 6.45) is 0.835. The molecule has 0 spiro atoms. The average molecular weight is 323 g/mol. The Labute approximate surface area is 136 Å². The first-order valence-corrected chi connectivity index (χ1v) is 8.57. The van der Waals surface area contributed by atoms with Gasteiger partial charge in [0.05, 0.1) is 12.7 Å². The molecular formula is C16H25N3O2S. The molecule has 2 N–H and O–H groups in total. The number of rotatable bonds is 5. The second-order valence-corrected chi connectivity index (χ2v) is 6.74. The molecule has 1 aromatic carbocycles. The molecule has 1 aromatic rings. The summed E-state index contributed by atoms with van der Waals surface area (Å²) in [6, 6.07) is 8.00. The van der Waals surface area contributed by atoms with Gasteiger partial charge in [0.1, 0.15) is 5.75 Å². The van der Waals surface area contributed by atoms with Crippen molar-refractivity contribution >= 4 is 17.7 Å². The molecule has 1 atom stereocenters. The Morgan fingerprint density at radius 1 is 1.55 bits per heavy atom. The number of hydrogen-bond acceptors (Lipinski definition) is 4. The van der Waals surface area contributed by atoms with E-state index in [2.05, 4.69) is 16.4 Å². The van der Waals surface area contributed by atoms with E-state index in [1.165, 1.54) is 0 Å².